The number of halogens is 1. The molecule has 1 aliphatic rings. The first kappa shape index (κ1) is 13.3. The van der Waals surface area contributed by atoms with Crippen LogP contribution in [0.25, 0.3) is 0 Å². The van der Waals surface area contributed by atoms with Gasteiger partial charge in [-0.1, -0.05) is 0 Å². The summed E-state index contributed by atoms with van der Waals surface area (Å²) in [5.41, 5.74) is 3.12. The van der Waals surface area contributed by atoms with E-state index in [1.165, 1.54) is 0 Å². The lowest BCUT2D eigenvalue weighted by atomic mass is 10.0. The molecule has 0 saturated heterocycles. The Bertz CT molecular complexity index is 707. The molecule has 0 atom stereocenters. The Morgan fingerprint density at radius 3 is 2.45 bits per heavy atom. The van der Waals surface area contributed by atoms with E-state index in [9.17, 15) is 9.59 Å². The molecule has 0 aliphatic carbocycles. The summed E-state index contributed by atoms with van der Waals surface area (Å²) in [6, 6.07) is 12.9. The van der Waals surface area contributed by atoms with Crippen LogP contribution in [-0.4, -0.2) is 18.7 Å². The maximum atomic E-state index is 12.4. The Labute approximate surface area is 130 Å². The van der Waals surface area contributed by atoms with Crippen LogP contribution in [-0.2, 0) is 11.2 Å². The van der Waals surface area contributed by atoms with E-state index in [4.69, 9.17) is 0 Å². The van der Waals surface area contributed by atoms with Crippen molar-refractivity contribution in [1.82, 2.24) is 0 Å². The lowest BCUT2D eigenvalue weighted by molar-refractivity contribution is -0.117. The number of nitrogens with zero attached hydrogens (tertiary/aromatic N) is 1. The quantitative estimate of drug-likeness (QED) is 0.596. The summed E-state index contributed by atoms with van der Waals surface area (Å²) in [6.45, 7) is 0. The highest BCUT2D eigenvalue weighted by Gasteiger charge is 2.24. The molecule has 0 bridgehead atoms. The number of hydrogen-bond acceptors (Lipinski definition) is 2. The first-order chi connectivity index (χ1) is 9.56. The topological polar surface area (TPSA) is 37.4 Å². The van der Waals surface area contributed by atoms with Crippen molar-refractivity contribution in [3.8, 4) is 0 Å². The number of amides is 1. The maximum absolute atomic E-state index is 12.4. The second-order valence-electron chi connectivity index (χ2n) is 4.81. The van der Waals surface area contributed by atoms with E-state index in [0.717, 1.165) is 14.8 Å². The molecule has 2 aromatic carbocycles. The molecular formula is C16H12INO2. The zero-order chi connectivity index (χ0) is 14.3. The van der Waals surface area contributed by atoms with E-state index in [0.29, 0.717) is 17.5 Å². The first-order valence-electron chi connectivity index (χ1n) is 6.26. The number of fused-ring (bicyclic) bond motifs is 1. The lowest BCUT2D eigenvalue weighted by Gasteiger charge is -2.10. The lowest BCUT2D eigenvalue weighted by Crippen LogP contribution is -2.20. The molecule has 100 valence electrons. The molecule has 1 aliphatic heterocycles. The third-order valence-corrected chi connectivity index (χ3v) is 4.24. The number of hydrogen-bond donors (Lipinski definition) is 0. The van der Waals surface area contributed by atoms with Gasteiger partial charge in [0.1, 0.15) is 0 Å². The minimum absolute atomic E-state index is 0.00815. The van der Waals surface area contributed by atoms with Gasteiger partial charge in [0.05, 0.1) is 6.42 Å². The molecule has 3 rings (SSSR count). The van der Waals surface area contributed by atoms with Crippen molar-refractivity contribution in [3.63, 3.8) is 0 Å². The van der Waals surface area contributed by atoms with Gasteiger partial charge in [0.2, 0.25) is 5.91 Å². The predicted octanol–water partition coefficient (Wildman–Crippen LogP) is 3.04. The minimum Gasteiger partial charge on any atom is -0.315 e. The Kier molecular flexibility index (Phi) is 3.33. The predicted molar refractivity (Wildman–Crippen MR) is 86.1 cm³/mol. The summed E-state index contributed by atoms with van der Waals surface area (Å²) in [4.78, 5) is 25.7. The van der Waals surface area contributed by atoms with Crippen LogP contribution in [0.4, 0.5) is 5.69 Å². The van der Waals surface area contributed by atoms with E-state index < -0.39 is 0 Å². The van der Waals surface area contributed by atoms with Gasteiger partial charge in [-0.2, -0.15) is 0 Å². The second kappa shape index (κ2) is 5.01. The summed E-state index contributed by atoms with van der Waals surface area (Å²) < 4.78 is 1.10. The first-order valence-corrected chi connectivity index (χ1v) is 7.34. The van der Waals surface area contributed by atoms with Gasteiger partial charge in [0.15, 0.2) is 5.78 Å². The van der Waals surface area contributed by atoms with E-state index in [2.05, 4.69) is 22.6 Å². The van der Waals surface area contributed by atoms with Crippen LogP contribution >= 0.6 is 22.6 Å². The third kappa shape index (κ3) is 2.24. The molecule has 1 amide bonds. The second-order valence-corrected chi connectivity index (χ2v) is 6.05. The molecule has 0 fully saturated rings. The molecule has 20 heavy (non-hydrogen) atoms. The van der Waals surface area contributed by atoms with Gasteiger partial charge in [0, 0.05) is 27.4 Å². The number of anilines is 1. The Balaban J connectivity index is 1.96. The molecule has 3 nitrogen and oxygen atoms in total. The molecular weight excluding hydrogens is 365 g/mol. The van der Waals surface area contributed by atoms with E-state index in [-0.39, 0.29) is 11.7 Å². The standard InChI is InChI=1S/C16H12INO2/c1-18-14-7-4-11(8-12(14)9-15(18)19)16(20)10-2-5-13(17)6-3-10/h2-8H,9H2,1H3. The Morgan fingerprint density at radius 1 is 1.10 bits per heavy atom. The van der Waals surface area contributed by atoms with Crippen molar-refractivity contribution in [2.45, 2.75) is 6.42 Å². The van der Waals surface area contributed by atoms with Crippen molar-refractivity contribution >= 4 is 40.0 Å². The van der Waals surface area contributed by atoms with E-state index in [1.54, 1.807) is 18.0 Å². The maximum Gasteiger partial charge on any atom is 0.231 e. The zero-order valence-corrected chi connectivity index (χ0v) is 13.0. The van der Waals surface area contributed by atoms with Crippen molar-refractivity contribution in [3.05, 3.63) is 62.7 Å². The number of ketones is 1. The highest BCUT2D eigenvalue weighted by molar-refractivity contribution is 14.1. The largest absolute Gasteiger partial charge is 0.315 e. The monoisotopic (exact) mass is 377 g/mol. The highest BCUT2D eigenvalue weighted by Crippen LogP contribution is 2.29. The van der Waals surface area contributed by atoms with Crippen LogP contribution in [0.15, 0.2) is 42.5 Å². The van der Waals surface area contributed by atoms with Crippen molar-refractivity contribution in [2.24, 2.45) is 0 Å². The fraction of sp³-hybridized carbons (Fsp3) is 0.125. The van der Waals surface area contributed by atoms with Crippen LogP contribution in [0.3, 0.4) is 0 Å². The molecule has 0 radical (unpaired) electrons. The van der Waals surface area contributed by atoms with Crippen LogP contribution < -0.4 is 4.90 Å². The molecule has 0 unspecified atom stereocenters. The van der Waals surface area contributed by atoms with Gasteiger partial charge in [0.25, 0.3) is 0 Å². The molecule has 4 heteroatoms. The average Bonchev–Trinajstić information content (AvgIpc) is 2.74. The van der Waals surface area contributed by atoms with Gasteiger partial charge in [-0.25, -0.2) is 0 Å². The Morgan fingerprint density at radius 2 is 1.75 bits per heavy atom. The number of carbonyl (C=O) groups is 2. The Hall–Kier alpha value is -1.69. The van der Waals surface area contributed by atoms with Crippen molar-refractivity contribution < 1.29 is 9.59 Å². The fourth-order valence-electron chi connectivity index (χ4n) is 2.38. The van der Waals surface area contributed by atoms with Crippen molar-refractivity contribution in [1.29, 1.82) is 0 Å². The molecule has 2 aromatic rings. The zero-order valence-electron chi connectivity index (χ0n) is 10.9. The normalized spacial score (nSPS) is 13.5. The summed E-state index contributed by atoms with van der Waals surface area (Å²) in [7, 11) is 1.76. The number of rotatable bonds is 2. The van der Waals surface area contributed by atoms with Gasteiger partial charge in [-0.3, -0.25) is 9.59 Å². The molecule has 0 spiro atoms. The van der Waals surface area contributed by atoms with Crippen LogP contribution in [0, 0.1) is 3.57 Å². The summed E-state index contributed by atoms with van der Waals surface area (Å²) in [6.07, 6.45) is 0.375. The average molecular weight is 377 g/mol. The van der Waals surface area contributed by atoms with Gasteiger partial charge in [-0.15, -0.1) is 0 Å². The number of likely N-dealkylation sites (N-methyl/N-ethyl adjacent to an activating group) is 1. The van der Waals surface area contributed by atoms with E-state index in [1.807, 2.05) is 36.4 Å². The molecule has 1 heterocycles. The van der Waals surface area contributed by atoms with Crippen LogP contribution in [0.2, 0.25) is 0 Å². The third-order valence-electron chi connectivity index (χ3n) is 3.53. The van der Waals surface area contributed by atoms with Crippen molar-refractivity contribution in [2.75, 3.05) is 11.9 Å². The minimum atomic E-state index is -0.00815. The van der Waals surface area contributed by atoms with Crippen LogP contribution in [0.1, 0.15) is 21.5 Å². The molecule has 0 saturated carbocycles. The smallest absolute Gasteiger partial charge is 0.231 e. The summed E-state index contributed by atoms with van der Waals surface area (Å²) in [5.74, 6) is 0.0602. The summed E-state index contributed by atoms with van der Waals surface area (Å²) in [5, 5.41) is 0. The number of carbonyl (C=O) groups excluding carboxylic acids is 2. The summed E-state index contributed by atoms with van der Waals surface area (Å²) >= 11 is 2.21. The van der Waals surface area contributed by atoms with Crippen LogP contribution in [0.5, 0.6) is 0 Å². The SMILES string of the molecule is CN1C(=O)Cc2cc(C(=O)c3ccc(I)cc3)ccc21. The molecule has 0 N–H and O–H groups in total. The van der Waals surface area contributed by atoms with Gasteiger partial charge >= 0.3 is 0 Å². The fourth-order valence-corrected chi connectivity index (χ4v) is 2.74. The van der Waals surface area contributed by atoms with Gasteiger partial charge in [-0.05, 0) is 70.6 Å². The van der Waals surface area contributed by atoms with Gasteiger partial charge < -0.3 is 4.90 Å². The number of benzene rings is 2. The van der Waals surface area contributed by atoms with E-state index >= 15 is 0 Å². The molecule has 0 aromatic heterocycles. The highest BCUT2D eigenvalue weighted by atomic mass is 127.